The standard InChI is InChI=1S/C15H25NO3/c17-14(12-13-8-5-6-9-13)16-11-7-3-1-2-4-10-15(18)19/h5,8,13H,1-4,6-7,9-12H2,(H,16,17)(H,18,19). The van der Waals surface area contributed by atoms with Gasteiger partial charge in [0.05, 0.1) is 0 Å². The zero-order valence-electron chi connectivity index (χ0n) is 11.6. The van der Waals surface area contributed by atoms with Gasteiger partial charge >= 0.3 is 5.97 Å². The average molecular weight is 267 g/mol. The highest BCUT2D eigenvalue weighted by atomic mass is 16.4. The molecule has 0 spiro atoms. The molecule has 0 bridgehead atoms. The third-order valence-corrected chi connectivity index (χ3v) is 3.45. The summed E-state index contributed by atoms with van der Waals surface area (Å²) in [7, 11) is 0. The summed E-state index contributed by atoms with van der Waals surface area (Å²) in [6, 6.07) is 0. The van der Waals surface area contributed by atoms with Crippen LogP contribution in [-0.2, 0) is 9.59 Å². The molecule has 0 aliphatic heterocycles. The Hall–Kier alpha value is -1.32. The minimum Gasteiger partial charge on any atom is -0.481 e. The van der Waals surface area contributed by atoms with E-state index in [0.29, 0.717) is 12.3 Å². The lowest BCUT2D eigenvalue weighted by Crippen LogP contribution is -2.25. The number of hydrogen-bond acceptors (Lipinski definition) is 2. The van der Waals surface area contributed by atoms with Gasteiger partial charge in [-0.25, -0.2) is 0 Å². The Morgan fingerprint density at radius 2 is 1.89 bits per heavy atom. The summed E-state index contributed by atoms with van der Waals surface area (Å²) < 4.78 is 0. The van der Waals surface area contributed by atoms with Crippen LogP contribution in [0.15, 0.2) is 12.2 Å². The molecule has 4 heteroatoms. The number of hydrogen-bond donors (Lipinski definition) is 2. The van der Waals surface area contributed by atoms with Gasteiger partial charge in [0.1, 0.15) is 0 Å². The minimum atomic E-state index is -0.715. The maximum atomic E-state index is 11.6. The summed E-state index contributed by atoms with van der Waals surface area (Å²) in [5.41, 5.74) is 0. The molecule has 1 aliphatic carbocycles. The van der Waals surface area contributed by atoms with Crippen LogP contribution >= 0.6 is 0 Å². The van der Waals surface area contributed by atoms with Gasteiger partial charge in [-0.05, 0) is 31.6 Å². The number of allylic oxidation sites excluding steroid dienone is 2. The maximum Gasteiger partial charge on any atom is 0.303 e. The number of aliphatic carboxylic acids is 1. The number of carbonyl (C=O) groups is 2. The van der Waals surface area contributed by atoms with Gasteiger partial charge in [0.2, 0.25) is 5.91 Å². The Balaban J connectivity index is 1.86. The summed E-state index contributed by atoms with van der Waals surface area (Å²) in [5.74, 6) is -0.119. The first-order valence-electron chi connectivity index (χ1n) is 7.33. The summed E-state index contributed by atoms with van der Waals surface area (Å²) >= 11 is 0. The van der Waals surface area contributed by atoms with Gasteiger partial charge in [-0.1, -0.05) is 31.4 Å². The number of rotatable bonds is 10. The zero-order chi connectivity index (χ0) is 13.9. The Morgan fingerprint density at radius 3 is 2.58 bits per heavy atom. The summed E-state index contributed by atoms with van der Waals surface area (Å²) in [6.45, 7) is 0.744. The predicted octanol–water partition coefficient (Wildman–Crippen LogP) is 2.88. The van der Waals surface area contributed by atoms with Crippen molar-refractivity contribution in [1.82, 2.24) is 5.32 Å². The molecule has 1 unspecified atom stereocenters. The molecule has 0 aromatic carbocycles. The Kier molecular flexibility index (Phi) is 7.94. The normalized spacial score (nSPS) is 17.6. The smallest absolute Gasteiger partial charge is 0.303 e. The Morgan fingerprint density at radius 1 is 1.16 bits per heavy atom. The molecule has 4 nitrogen and oxygen atoms in total. The van der Waals surface area contributed by atoms with Crippen molar-refractivity contribution in [2.45, 2.75) is 57.8 Å². The number of amides is 1. The van der Waals surface area contributed by atoms with E-state index in [1.165, 1.54) is 0 Å². The molecule has 1 aliphatic rings. The SMILES string of the molecule is O=C(O)CCCCCCCNC(=O)CC1C=CCC1. The van der Waals surface area contributed by atoms with Gasteiger partial charge in [0.15, 0.2) is 0 Å². The summed E-state index contributed by atoms with van der Waals surface area (Å²) in [6.07, 6.45) is 12.2. The fraction of sp³-hybridized carbons (Fsp3) is 0.733. The van der Waals surface area contributed by atoms with Crippen molar-refractivity contribution < 1.29 is 14.7 Å². The van der Waals surface area contributed by atoms with Gasteiger partial charge in [-0.2, -0.15) is 0 Å². The third-order valence-electron chi connectivity index (χ3n) is 3.45. The van der Waals surface area contributed by atoms with Crippen LogP contribution in [0.5, 0.6) is 0 Å². The van der Waals surface area contributed by atoms with Crippen LogP contribution in [0, 0.1) is 5.92 Å². The molecule has 1 rings (SSSR count). The van der Waals surface area contributed by atoms with Crippen LogP contribution in [-0.4, -0.2) is 23.5 Å². The molecular weight excluding hydrogens is 242 g/mol. The fourth-order valence-electron chi connectivity index (χ4n) is 2.33. The van der Waals surface area contributed by atoms with Gasteiger partial charge in [-0.15, -0.1) is 0 Å². The first-order valence-corrected chi connectivity index (χ1v) is 7.33. The molecule has 0 fully saturated rings. The Labute approximate surface area is 115 Å². The molecule has 0 saturated heterocycles. The molecular formula is C15H25NO3. The lowest BCUT2D eigenvalue weighted by molar-refractivity contribution is -0.137. The number of carbonyl (C=O) groups excluding carboxylic acids is 1. The van der Waals surface area contributed by atoms with Crippen molar-refractivity contribution in [3.63, 3.8) is 0 Å². The van der Waals surface area contributed by atoms with E-state index < -0.39 is 5.97 Å². The third kappa shape index (κ3) is 8.41. The highest BCUT2D eigenvalue weighted by Gasteiger charge is 2.13. The lowest BCUT2D eigenvalue weighted by Gasteiger charge is -2.08. The second kappa shape index (κ2) is 9.59. The molecule has 1 atom stereocenters. The van der Waals surface area contributed by atoms with E-state index in [1.54, 1.807) is 0 Å². The summed E-state index contributed by atoms with van der Waals surface area (Å²) in [5, 5.41) is 11.4. The van der Waals surface area contributed by atoms with Crippen molar-refractivity contribution in [2.24, 2.45) is 5.92 Å². The molecule has 2 N–H and O–H groups in total. The second-order valence-corrected chi connectivity index (χ2v) is 5.23. The Bertz CT molecular complexity index is 313. The van der Waals surface area contributed by atoms with Crippen molar-refractivity contribution in [2.75, 3.05) is 6.54 Å². The second-order valence-electron chi connectivity index (χ2n) is 5.23. The monoisotopic (exact) mass is 267 g/mol. The lowest BCUT2D eigenvalue weighted by atomic mass is 10.1. The largest absolute Gasteiger partial charge is 0.481 e. The summed E-state index contributed by atoms with van der Waals surface area (Å²) in [4.78, 5) is 21.9. The molecule has 0 saturated carbocycles. The number of carboxylic acids is 1. The molecule has 0 aromatic heterocycles. The molecule has 108 valence electrons. The maximum absolute atomic E-state index is 11.6. The van der Waals surface area contributed by atoms with Crippen molar-refractivity contribution in [3.05, 3.63) is 12.2 Å². The van der Waals surface area contributed by atoms with Crippen LogP contribution in [0.25, 0.3) is 0 Å². The van der Waals surface area contributed by atoms with Crippen LogP contribution in [0.1, 0.15) is 57.8 Å². The van der Waals surface area contributed by atoms with Crippen LogP contribution < -0.4 is 5.32 Å². The number of carboxylic acid groups (broad SMARTS) is 1. The van der Waals surface area contributed by atoms with Crippen molar-refractivity contribution in [3.8, 4) is 0 Å². The van der Waals surface area contributed by atoms with E-state index in [0.717, 1.165) is 51.5 Å². The van der Waals surface area contributed by atoms with Crippen molar-refractivity contribution in [1.29, 1.82) is 0 Å². The van der Waals surface area contributed by atoms with Gasteiger partial charge < -0.3 is 10.4 Å². The molecule has 19 heavy (non-hydrogen) atoms. The first kappa shape index (κ1) is 15.7. The topological polar surface area (TPSA) is 66.4 Å². The van der Waals surface area contributed by atoms with Gasteiger partial charge in [-0.3, -0.25) is 9.59 Å². The van der Waals surface area contributed by atoms with E-state index in [-0.39, 0.29) is 12.3 Å². The molecule has 0 heterocycles. The molecule has 0 aromatic rings. The van der Waals surface area contributed by atoms with Crippen LogP contribution in [0.4, 0.5) is 0 Å². The molecule has 1 amide bonds. The predicted molar refractivity (Wildman–Crippen MR) is 74.8 cm³/mol. The zero-order valence-corrected chi connectivity index (χ0v) is 11.6. The fourth-order valence-corrected chi connectivity index (χ4v) is 2.33. The van der Waals surface area contributed by atoms with E-state index in [2.05, 4.69) is 17.5 Å². The first-order chi connectivity index (χ1) is 9.18. The molecule has 0 radical (unpaired) electrons. The van der Waals surface area contributed by atoms with Crippen LogP contribution in [0.3, 0.4) is 0 Å². The quantitative estimate of drug-likeness (QED) is 0.472. The highest BCUT2D eigenvalue weighted by Crippen LogP contribution is 2.19. The van der Waals surface area contributed by atoms with E-state index in [1.807, 2.05) is 0 Å². The van der Waals surface area contributed by atoms with Crippen LogP contribution in [0.2, 0.25) is 0 Å². The number of nitrogens with one attached hydrogen (secondary N) is 1. The van der Waals surface area contributed by atoms with Gasteiger partial charge in [0, 0.05) is 19.4 Å². The van der Waals surface area contributed by atoms with Gasteiger partial charge in [0.25, 0.3) is 0 Å². The minimum absolute atomic E-state index is 0.155. The number of unbranched alkanes of at least 4 members (excludes halogenated alkanes) is 4. The van der Waals surface area contributed by atoms with E-state index in [9.17, 15) is 9.59 Å². The van der Waals surface area contributed by atoms with E-state index in [4.69, 9.17) is 5.11 Å². The van der Waals surface area contributed by atoms with Crippen molar-refractivity contribution >= 4 is 11.9 Å². The average Bonchev–Trinajstić information content (AvgIpc) is 2.85. The highest BCUT2D eigenvalue weighted by molar-refractivity contribution is 5.76. The van der Waals surface area contributed by atoms with E-state index >= 15 is 0 Å².